The van der Waals surface area contributed by atoms with Crippen LogP contribution >= 0.6 is 15.9 Å². The summed E-state index contributed by atoms with van der Waals surface area (Å²) < 4.78 is 31.9. The summed E-state index contributed by atoms with van der Waals surface area (Å²) in [7, 11) is -3.67. The second kappa shape index (κ2) is 8.55. The van der Waals surface area contributed by atoms with Gasteiger partial charge in [-0.05, 0) is 56.3 Å². The van der Waals surface area contributed by atoms with Crippen molar-refractivity contribution in [3.8, 4) is 5.75 Å². The molecule has 2 aromatic carbocycles. The molecular weight excluding hydrogens is 420 g/mol. The first-order valence-electron chi connectivity index (χ1n) is 8.01. The second-order valence-corrected chi connectivity index (χ2v) is 8.44. The lowest BCUT2D eigenvalue weighted by molar-refractivity contribution is -0.116. The third kappa shape index (κ3) is 5.22. The smallest absolute Gasteiger partial charge is 0.247 e. The van der Waals surface area contributed by atoms with Gasteiger partial charge in [-0.15, -0.1) is 0 Å². The largest absolute Gasteiger partial charge is 0.494 e. The highest BCUT2D eigenvalue weighted by Gasteiger charge is 2.29. The Morgan fingerprint density at radius 3 is 2.42 bits per heavy atom. The zero-order valence-electron chi connectivity index (χ0n) is 14.8. The summed E-state index contributed by atoms with van der Waals surface area (Å²) in [4.78, 5) is 12.6. The second-order valence-electron chi connectivity index (χ2n) is 5.66. The van der Waals surface area contributed by atoms with Crippen LogP contribution in [0.2, 0.25) is 0 Å². The fourth-order valence-electron chi connectivity index (χ4n) is 2.48. The van der Waals surface area contributed by atoms with E-state index in [1.807, 2.05) is 13.0 Å². The molecule has 2 rings (SSSR count). The summed E-state index contributed by atoms with van der Waals surface area (Å²) in [6.07, 6.45) is 1.08. The number of halogens is 1. The van der Waals surface area contributed by atoms with Gasteiger partial charge in [-0.3, -0.25) is 9.10 Å². The predicted molar refractivity (Wildman–Crippen MR) is 107 cm³/mol. The first-order valence-corrected chi connectivity index (χ1v) is 10.6. The van der Waals surface area contributed by atoms with Crippen LogP contribution in [-0.4, -0.2) is 33.2 Å². The van der Waals surface area contributed by atoms with E-state index in [1.165, 1.54) is 0 Å². The third-order valence-corrected chi connectivity index (χ3v) is 5.32. The maximum Gasteiger partial charge on any atom is 0.247 e. The summed E-state index contributed by atoms with van der Waals surface area (Å²) in [6, 6.07) is 12.8. The molecule has 1 N–H and O–H groups in total. The summed E-state index contributed by atoms with van der Waals surface area (Å²) in [5.41, 5.74) is 0.976. The zero-order valence-corrected chi connectivity index (χ0v) is 17.2. The van der Waals surface area contributed by atoms with E-state index < -0.39 is 22.0 Å². The molecule has 2 aromatic rings. The predicted octanol–water partition coefficient (Wildman–Crippen LogP) is 3.64. The van der Waals surface area contributed by atoms with Crippen LogP contribution < -0.4 is 14.4 Å². The molecule has 0 aliphatic heterocycles. The maximum atomic E-state index is 12.6. The highest BCUT2D eigenvalue weighted by Crippen LogP contribution is 2.25. The van der Waals surface area contributed by atoms with E-state index in [0.29, 0.717) is 23.7 Å². The lowest BCUT2D eigenvalue weighted by atomic mass is 10.2. The van der Waals surface area contributed by atoms with Crippen LogP contribution in [0, 0.1) is 0 Å². The fourth-order valence-corrected chi connectivity index (χ4v) is 4.05. The SMILES string of the molecule is CCOc1ccc(N([C@H](C)C(=O)Nc2cccc(Br)c2)S(C)(=O)=O)cc1. The number of carbonyl (C=O) groups excluding carboxylic acids is 1. The first kappa shape index (κ1) is 20.3. The minimum atomic E-state index is -3.67. The van der Waals surface area contributed by atoms with Crippen LogP contribution in [0.5, 0.6) is 5.75 Å². The van der Waals surface area contributed by atoms with Gasteiger partial charge in [0.05, 0.1) is 18.6 Å². The summed E-state index contributed by atoms with van der Waals surface area (Å²) in [5.74, 6) is 0.207. The minimum absolute atomic E-state index is 0.396. The molecule has 0 saturated carbocycles. The Kier molecular flexibility index (Phi) is 6.66. The molecule has 26 heavy (non-hydrogen) atoms. The van der Waals surface area contributed by atoms with Gasteiger partial charge in [0, 0.05) is 10.2 Å². The first-order chi connectivity index (χ1) is 12.2. The molecule has 6 nitrogen and oxygen atoms in total. The number of amides is 1. The molecule has 0 heterocycles. The van der Waals surface area contributed by atoms with Gasteiger partial charge < -0.3 is 10.1 Å². The van der Waals surface area contributed by atoms with E-state index in [4.69, 9.17) is 4.74 Å². The molecule has 0 bridgehead atoms. The Labute approximate surface area is 162 Å². The van der Waals surface area contributed by atoms with Crippen molar-refractivity contribution in [2.75, 3.05) is 22.5 Å². The van der Waals surface area contributed by atoms with Gasteiger partial charge in [0.15, 0.2) is 0 Å². The number of sulfonamides is 1. The Morgan fingerprint density at radius 1 is 1.23 bits per heavy atom. The number of anilines is 2. The Hall–Kier alpha value is -2.06. The topological polar surface area (TPSA) is 75.7 Å². The van der Waals surface area contributed by atoms with Gasteiger partial charge in [0.1, 0.15) is 11.8 Å². The normalized spacial score (nSPS) is 12.3. The van der Waals surface area contributed by atoms with Gasteiger partial charge in [-0.25, -0.2) is 8.42 Å². The van der Waals surface area contributed by atoms with Gasteiger partial charge in [0.25, 0.3) is 0 Å². The Bertz CT molecular complexity index is 869. The quantitative estimate of drug-likeness (QED) is 0.712. The minimum Gasteiger partial charge on any atom is -0.494 e. The Morgan fingerprint density at radius 2 is 1.88 bits per heavy atom. The molecule has 0 aliphatic rings. The number of rotatable bonds is 7. The molecule has 1 atom stereocenters. The number of carbonyl (C=O) groups is 1. The van der Waals surface area contributed by atoms with E-state index in [-0.39, 0.29) is 0 Å². The van der Waals surface area contributed by atoms with Crippen LogP contribution in [0.25, 0.3) is 0 Å². The molecule has 0 aromatic heterocycles. The van der Waals surface area contributed by atoms with E-state index in [2.05, 4.69) is 21.2 Å². The molecule has 1 amide bonds. The van der Waals surface area contributed by atoms with Crippen molar-refractivity contribution < 1.29 is 17.9 Å². The van der Waals surface area contributed by atoms with Crippen molar-refractivity contribution in [1.29, 1.82) is 0 Å². The van der Waals surface area contributed by atoms with Crippen LogP contribution in [0.4, 0.5) is 11.4 Å². The third-order valence-electron chi connectivity index (χ3n) is 3.58. The lowest BCUT2D eigenvalue weighted by Gasteiger charge is -2.28. The highest BCUT2D eigenvalue weighted by molar-refractivity contribution is 9.10. The van der Waals surface area contributed by atoms with Crippen LogP contribution in [-0.2, 0) is 14.8 Å². The number of hydrogen-bond acceptors (Lipinski definition) is 4. The van der Waals surface area contributed by atoms with Crippen molar-refractivity contribution in [3.05, 3.63) is 53.0 Å². The monoisotopic (exact) mass is 440 g/mol. The summed E-state index contributed by atoms with van der Waals surface area (Å²) >= 11 is 3.34. The van der Waals surface area contributed by atoms with Crippen LogP contribution in [0.3, 0.4) is 0 Å². The highest BCUT2D eigenvalue weighted by atomic mass is 79.9. The van der Waals surface area contributed by atoms with E-state index in [0.717, 1.165) is 15.0 Å². The average Bonchev–Trinajstić information content (AvgIpc) is 2.55. The van der Waals surface area contributed by atoms with Crippen molar-refractivity contribution in [1.82, 2.24) is 0 Å². The van der Waals surface area contributed by atoms with Crippen molar-refractivity contribution in [2.45, 2.75) is 19.9 Å². The lowest BCUT2D eigenvalue weighted by Crippen LogP contribution is -2.45. The van der Waals surface area contributed by atoms with Crippen molar-refractivity contribution in [3.63, 3.8) is 0 Å². The van der Waals surface area contributed by atoms with Gasteiger partial charge in [-0.1, -0.05) is 22.0 Å². The molecule has 140 valence electrons. The van der Waals surface area contributed by atoms with Gasteiger partial charge in [0.2, 0.25) is 15.9 Å². The Balaban J connectivity index is 2.27. The molecule has 0 radical (unpaired) electrons. The standard InChI is InChI=1S/C18H21BrN2O4S/c1-4-25-17-10-8-16(9-11-17)21(26(3,23)24)13(2)18(22)20-15-7-5-6-14(19)12-15/h5-13H,4H2,1-3H3,(H,20,22)/t13-/m1/s1. The van der Waals surface area contributed by atoms with Gasteiger partial charge in [-0.2, -0.15) is 0 Å². The van der Waals surface area contributed by atoms with E-state index in [9.17, 15) is 13.2 Å². The van der Waals surface area contributed by atoms with E-state index >= 15 is 0 Å². The number of benzene rings is 2. The molecule has 8 heteroatoms. The molecule has 0 spiro atoms. The molecule has 0 aliphatic carbocycles. The molecule has 0 fully saturated rings. The number of nitrogens with one attached hydrogen (secondary N) is 1. The van der Waals surface area contributed by atoms with Crippen LogP contribution in [0.1, 0.15) is 13.8 Å². The molecule has 0 unspecified atom stereocenters. The average molecular weight is 441 g/mol. The summed E-state index contributed by atoms with van der Waals surface area (Å²) in [6.45, 7) is 3.93. The van der Waals surface area contributed by atoms with Gasteiger partial charge >= 0.3 is 0 Å². The molecule has 0 saturated heterocycles. The van der Waals surface area contributed by atoms with E-state index in [1.54, 1.807) is 49.4 Å². The number of hydrogen-bond donors (Lipinski definition) is 1. The van der Waals surface area contributed by atoms with Crippen molar-refractivity contribution in [2.24, 2.45) is 0 Å². The fraction of sp³-hybridized carbons (Fsp3) is 0.278. The number of nitrogens with zero attached hydrogens (tertiary/aromatic N) is 1. The zero-order chi connectivity index (χ0) is 19.3. The van der Waals surface area contributed by atoms with Crippen LogP contribution in [0.15, 0.2) is 53.0 Å². The van der Waals surface area contributed by atoms with Crippen molar-refractivity contribution >= 4 is 43.2 Å². The molecular formula is C18H21BrN2O4S. The number of ether oxygens (including phenoxy) is 1. The summed E-state index contributed by atoms with van der Waals surface area (Å²) in [5, 5.41) is 2.74. The maximum absolute atomic E-state index is 12.6.